The number of aliphatic hydroxyl groups is 1. The van der Waals surface area contributed by atoms with Crippen molar-refractivity contribution in [2.45, 2.75) is 5.60 Å². The van der Waals surface area contributed by atoms with Gasteiger partial charge in [-0.25, -0.2) is 0 Å². The molecule has 1 saturated heterocycles. The third-order valence-electron chi connectivity index (χ3n) is 4.49. The molecule has 3 heterocycles. The second kappa shape index (κ2) is 5.72. The second-order valence-electron chi connectivity index (χ2n) is 6.20. The maximum Gasteiger partial charge on any atom is 0.257 e. The summed E-state index contributed by atoms with van der Waals surface area (Å²) in [5.41, 5.74) is 1.56. The van der Waals surface area contributed by atoms with Crippen LogP contribution in [0, 0.1) is 0 Å². The number of likely N-dealkylation sites (tertiary alicyclic amines) is 1. The number of carbonyl (C=O) groups is 1. The van der Waals surface area contributed by atoms with Gasteiger partial charge in [0.15, 0.2) is 0 Å². The van der Waals surface area contributed by atoms with Crippen LogP contribution in [-0.2, 0) is 12.6 Å². The summed E-state index contributed by atoms with van der Waals surface area (Å²) in [6, 6.07) is 8.94. The molecule has 25 heavy (non-hydrogen) atoms. The number of hydrogen-bond donors (Lipinski definition) is 2. The van der Waals surface area contributed by atoms with Crippen molar-refractivity contribution in [3.8, 4) is 11.3 Å². The second-order valence-corrected chi connectivity index (χ2v) is 6.63. The van der Waals surface area contributed by atoms with Crippen LogP contribution in [0.5, 0.6) is 0 Å². The van der Waals surface area contributed by atoms with E-state index in [4.69, 9.17) is 11.6 Å². The molecule has 0 spiro atoms. The van der Waals surface area contributed by atoms with Gasteiger partial charge in [0.05, 0.1) is 36.2 Å². The van der Waals surface area contributed by atoms with E-state index in [1.54, 1.807) is 41.0 Å². The van der Waals surface area contributed by atoms with E-state index in [9.17, 15) is 9.90 Å². The first-order valence-corrected chi connectivity index (χ1v) is 8.15. The third kappa shape index (κ3) is 2.61. The number of β-amino-alcohol motifs (C(OH)–C–C–N with tert-alkyl or cyclic N) is 1. The van der Waals surface area contributed by atoms with Crippen LogP contribution in [0.1, 0.15) is 16.1 Å². The molecule has 1 aliphatic heterocycles. The van der Waals surface area contributed by atoms with Crippen LogP contribution in [0.3, 0.4) is 0 Å². The fraction of sp³-hybridized carbons (Fsp3) is 0.235. The normalized spacial score (nSPS) is 15.9. The van der Waals surface area contributed by atoms with Crippen LogP contribution >= 0.6 is 11.6 Å². The molecule has 2 N–H and O–H groups in total. The maximum absolute atomic E-state index is 12.8. The summed E-state index contributed by atoms with van der Waals surface area (Å²) >= 11 is 5.91. The third-order valence-corrected chi connectivity index (χ3v) is 4.74. The zero-order chi connectivity index (χ0) is 17.6. The lowest BCUT2D eigenvalue weighted by molar-refractivity contribution is -0.0913. The number of carbonyl (C=O) groups excluding carboxylic acids is 1. The minimum absolute atomic E-state index is 0.175. The van der Waals surface area contributed by atoms with Crippen molar-refractivity contribution >= 4 is 17.5 Å². The minimum atomic E-state index is -1.06. The highest BCUT2D eigenvalue weighted by Crippen LogP contribution is 2.33. The van der Waals surface area contributed by atoms with E-state index in [0.717, 1.165) is 5.56 Å². The minimum Gasteiger partial charge on any atom is -0.380 e. The fourth-order valence-electron chi connectivity index (χ4n) is 3.18. The molecular formula is C17H16ClN5O2. The summed E-state index contributed by atoms with van der Waals surface area (Å²) in [6.07, 6.45) is 3.14. The molecule has 128 valence electrons. The molecule has 1 aromatic carbocycles. The van der Waals surface area contributed by atoms with Crippen LogP contribution in [0.4, 0.5) is 0 Å². The molecule has 0 saturated carbocycles. The van der Waals surface area contributed by atoms with Crippen molar-refractivity contribution in [1.82, 2.24) is 24.9 Å². The summed E-state index contributed by atoms with van der Waals surface area (Å²) in [7, 11) is 1.77. The Hall–Kier alpha value is -2.64. The molecule has 7 nitrogen and oxygen atoms in total. The number of benzene rings is 1. The molecule has 0 radical (unpaired) electrons. The highest BCUT2D eigenvalue weighted by Gasteiger charge is 2.47. The molecular weight excluding hydrogens is 342 g/mol. The number of aryl methyl sites for hydroxylation is 1. The summed E-state index contributed by atoms with van der Waals surface area (Å²) in [6.45, 7) is 0.438. The van der Waals surface area contributed by atoms with Crippen molar-refractivity contribution < 1.29 is 9.90 Å². The van der Waals surface area contributed by atoms with Gasteiger partial charge in [0, 0.05) is 23.8 Å². The van der Waals surface area contributed by atoms with Gasteiger partial charge in [-0.05, 0) is 18.2 Å². The summed E-state index contributed by atoms with van der Waals surface area (Å²) < 4.78 is 1.62. The van der Waals surface area contributed by atoms with E-state index in [1.807, 2.05) is 12.1 Å². The van der Waals surface area contributed by atoms with Gasteiger partial charge in [-0.1, -0.05) is 23.7 Å². The molecule has 4 rings (SSSR count). The predicted molar refractivity (Wildman–Crippen MR) is 92.0 cm³/mol. The number of nitrogens with zero attached hydrogens (tertiary/aromatic N) is 4. The topological polar surface area (TPSA) is 87.0 Å². The Balaban J connectivity index is 1.55. The molecule has 0 unspecified atom stereocenters. The zero-order valence-electron chi connectivity index (χ0n) is 13.5. The van der Waals surface area contributed by atoms with Crippen molar-refractivity contribution in [3.05, 3.63) is 59.0 Å². The Bertz CT molecular complexity index is 925. The summed E-state index contributed by atoms with van der Waals surface area (Å²) in [5, 5.41) is 22.3. The van der Waals surface area contributed by atoms with E-state index in [0.29, 0.717) is 22.0 Å². The first kappa shape index (κ1) is 15.9. The van der Waals surface area contributed by atoms with Gasteiger partial charge >= 0.3 is 0 Å². The first-order valence-electron chi connectivity index (χ1n) is 7.77. The molecule has 1 amide bonds. The van der Waals surface area contributed by atoms with E-state index in [2.05, 4.69) is 15.3 Å². The predicted octanol–water partition coefficient (Wildman–Crippen LogP) is 1.81. The lowest BCUT2D eigenvalue weighted by atomic mass is 9.89. The van der Waals surface area contributed by atoms with Gasteiger partial charge < -0.3 is 10.0 Å². The Morgan fingerprint density at radius 3 is 2.64 bits per heavy atom. The Labute approximate surface area is 148 Å². The molecule has 0 aliphatic carbocycles. The molecule has 1 aliphatic rings. The van der Waals surface area contributed by atoms with E-state index in [1.165, 1.54) is 6.20 Å². The number of aromatic nitrogens is 4. The van der Waals surface area contributed by atoms with Crippen molar-refractivity contribution in [3.63, 3.8) is 0 Å². The Morgan fingerprint density at radius 2 is 2.00 bits per heavy atom. The van der Waals surface area contributed by atoms with Gasteiger partial charge in [-0.15, -0.1) is 0 Å². The number of halogens is 1. The van der Waals surface area contributed by atoms with Gasteiger partial charge in [0.2, 0.25) is 0 Å². The highest BCUT2D eigenvalue weighted by molar-refractivity contribution is 6.30. The first-order chi connectivity index (χ1) is 12.0. The van der Waals surface area contributed by atoms with E-state index >= 15 is 0 Å². The quantitative estimate of drug-likeness (QED) is 0.748. The summed E-state index contributed by atoms with van der Waals surface area (Å²) in [4.78, 5) is 14.4. The average Bonchev–Trinajstić information content (AvgIpc) is 3.21. The summed E-state index contributed by atoms with van der Waals surface area (Å²) in [5.74, 6) is -0.175. The van der Waals surface area contributed by atoms with E-state index < -0.39 is 5.60 Å². The Morgan fingerprint density at radius 1 is 1.28 bits per heavy atom. The van der Waals surface area contributed by atoms with Crippen LogP contribution < -0.4 is 0 Å². The van der Waals surface area contributed by atoms with Gasteiger partial charge in [-0.3, -0.25) is 14.6 Å². The Kier molecular flexibility index (Phi) is 3.63. The lowest BCUT2D eigenvalue weighted by Crippen LogP contribution is -2.61. The average molecular weight is 358 g/mol. The van der Waals surface area contributed by atoms with Gasteiger partial charge in [0.1, 0.15) is 5.60 Å². The SMILES string of the molecule is Cn1nccc1C1(O)CN(C(=O)c2cn[nH]c2-c2ccc(Cl)cc2)C1. The molecule has 0 atom stereocenters. The molecule has 1 fully saturated rings. The molecule has 0 bridgehead atoms. The standard InChI is InChI=1S/C17H16ClN5O2/c1-22-14(6-7-20-22)17(25)9-23(10-17)16(24)13-8-19-21-15(13)11-2-4-12(18)5-3-11/h2-8,25H,9-10H2,1H3,(H,19,21). The van der Waals surface area contributed by atoms with E-state index in [-0.39, 0.29) is 19.0 Å². The molecule has 8 heteroatoms. The van der Waals surface area contributed by atoms with Crippen molar-refractivity contribution in [2.75, 3.05) is 13.1 Å². The number of amides is 1. The smallest absolute Gasteiger partial charge is 0.257 e. The van der Waals surface area contributed by atoms with Gasteiger partial charge in [-0.2, -0.15) is 10.2 Å². The van der Waals surface area contributed by atoms with Crippen LogP contribution in [-0.4, -0.2) is 49.0 Å². The number of rotatable bonds is 3. The van der Waals surface area contributed by atoms with Crippen molar-refractivity contribution in [1.29, 1.82) is 0 Å². The molecule has 3 aromatic rings. The van der Waals surface area contributed by atoms with Crippen molar-refractivity contribution in [2.24, 2.45) is 7.05 Å². The monoisotopic (exact) mass is 357 g/mol. The number of H-pyrrole nitrogens is 1. The highest BCUT2D eigenvalue weighted by atomic mass is 35.5. The van der Waals surface area contributed by atoms with Crippen LogP contribution in [0.25, 0.3) is 11.3 Å². The zero-order valence-corrected chi connectivity index (χ0v) is 14.2. The number of nitrogens with one attached hydrogen (secondary N) is 1. The van der Waals surface area contributed by atoms with Crippen LogP contribution in [0.15, 0.2) is 42.7 Å². The lowest BCUT2D eigenvalue weighted by Gasteiger charge is -2.46. The number of hydrogen-bond acceptors (Lipinski definition) is 4. The largest absolute Gasteiger partial charge is 0.380 e. The fourth-order valence-corrected chi connectivity index (χ4v) is 3.30. The van der Waals surface area contributed by atoms with Gasteiger partial charge in [0.25, 0.3) is 5.91 Å². The van der Waals surface area contributed by atoms with Crippen LogP contribution in [0.2, 0.25) is 5.02 Å². The number of aromatic amines is 1. The molecule has 2 aromatic heterocycles. The maximum atomic E-state index is 12.8.